The number of fused-ring (bicyclic) bond motifs is 3. The smallest absolute Gasteiger partial charge is 0.317 e. The van der Waals surface area contributed by atoms with Gasteiger partial charge < -0.3 is 9.64 Å². The minimum absolute atomic E-state index is 0. The number of hydrogen-bond donors (Lipinski definition) is 0. The molecule has 0 radical (unpaired) electrons. The number of esters is 1. The Kier molecular flexibility index (Phi) is 4.65. The standard InChI is InChI=1S/C18H22FNO2.ClH/c19-14-3-1-4-15(11-14)22-17(21)18(7-2-8-18)16-12-20-9-5-13(16)6-10-20;/h1,3-4,11,13,16H,2,5-10,12H2;1H. The van der Waals surface area contributed by atoms with E-state index in [-0.39, 0.29) is 29.6 Å². The number of nitrogens with zero attached hydrogens (tertiary/aromatic N) is 1. The zero-order chi connectivity index (χ0) is 15.2. The summed E-state index contributed by atoms with van der Waals surface area (Å²) in [7, 11) is 0. The van der Waals surface area contributed by atoms with Crippen molar-refractivity contribution in [1.29, 1.82) is 0 Å². The summed E-state index contributed by atoms with van der Waals surface area (Å²) in [5.74, 6) is 0.909. The molecule has 126 valence electrons. The molecule has 0 aromatic heterocycles. The zero-order valence-corrected chi connectivity index (χ0v) is 14.0. The normalized spacial score (nSPS) is 30.9. The van der Waals surface area contributed by atoms with Crippen LogP contribution >= 0.6 is 12.4 Å². The largest absolute Gasteiger partial charge is 0.426 e. The van der Waals surface area contributed by atoms with E-state index in [1.54, 1.807) is 12.1 Å². The van der Waals surface area contributed by atoms with Crippen LogP contribution in [-0.4, -0.2) is 30.5 Å². The Balaban J connectivity index is 0.00000156. The van der Waals surface area contributed by atoms with Gasteiger partial charge in [-0.2, -0.15) is 0 Å². The van der Waals surface area contributed by atoms with Crippen molar-refractivity contribution >= 4 is 18.4 Å². The average molecular weight is 340 g/mol. The second-order valence-corrected chi connectivity index (χ2v) is 7.10. The molecule has 3 saturated heterocycles. The van der Waals surface area contributed by atoms with Crippen LogP contribution in [0.5, 0.6) is 5.75 Å². The van der Waals surface area contributed by atoms with Gasteiger partial charge in [0.2, 0.25) is 0 Å². The fourth-order valence-electron chi connectivity index (χ4n) is 4.61. The molecule has 0 amide bonds. The van der Waals surface area contributed by atoms with Gasteiger partial charge in [0.05, 0.1) is 5.41 Å². The summed E-state index contributed by atoms with van der Waals surface area (Å²) in [6, 6.07) is 5.90. The number of piperidine rings is 3. The molecule has 4 aliphatic rings. The van der Waals surface area contributed by atoms with Crippen molar-refractivity contribution in [3.05, 3.63) is 30.1 Å². The van der Waals surface area contributed by atoms with Crippen LogP contribution in [0.3, 0.4) is 0 Å². The molecule has 3 aliphatic heterocycles. The van der Waals surface area contributed by atoms with E-state index in [0.29, 0.717) is 17.6 Å². The highest BCUT2D eigenvalue weighted by Crippen LogP contribution is 2.54. The molecule has 23 heavy (non-hydrogen) atoms. The third-order valence-electron chi connectivity index (χ3n) is 6.02. The Morgan fingerprint density at radius 2 is 2.00 bits per heavy atom. The molecule has 3 nitrogen and oxygen atoms in total. The lowest BCUT2D eigenvalue weighted by Gasteiger charge is -2.55. The molecule has 4 fully saturated rings. The lowest BCUT2D eigenvalue weighted by molar-refractivity contribution is -0.165. The fraction of sp³-hybridized carbons (Fsp3) is 0.611. The van der Waals surface area contributed by atoms with Crippen molar-refractivity contribution in [1.82, 2.24) is 4.90 Å². The molecule has 0 spiro atoms. The van der Waals surface area contributed by atoms with E-state index in [4.69, 9.17) is 4.74 Å². The van der Waals surface area contributed by atoms with Crippen LogP contribution in [0.4, 0.5) is 4.39 Å². The average Bonchev–Trinajstić information content (AvgIpc) is 2.47. The molecule has 1 aliphatic carbocycles. The van der Waals surface area contributed by atoms with Crippen LogP contribution in [0.25, 0.3) is 0 Å². The number of benzene rings is 1. The third-order valence-corrected chi connectivity index (χ3v) is 6.02. The second-order valence-electron chi connectivity index (χ2n) is 7.10. The number of halogens is 2. The first-order valence-corrected chi connectivity index (χ1v) is 8.38. The van der Waals surface area contributed by atoms with Gasteiger partial charge in [-0.3, -0.25) is 4.79 Å². The topological polar surface area (TPSA) is 29.5 Å². The molecule has 3 heterocycles. The minimum Gasteiger partial charge on any atom is -0.426 e. The third kappa shape index (κ3) is 2.87. The van der Waals surface area contributed by atoms with Gasteiger partial charge in [0, 0.05) is 12.6 Å². The number of ether oxygens (including phenoxy) is 1. The Morgan fingerprint density at radius 3 is 2.52 bits per heavy atom. The molecular weight excluding hydrogens is 317 g/mol. The van der Waals surface area contributed by atoms with E-state index < -0.39 is 0 Å². The second kappa shape index (κ2) is 6.40. The van der Waals surface area contributed by atoms with Crippen LogP contribution in [0, 0.1) is 23.1 Å². The summed E-state index contributed by atoms with van der Waals surface area (Å²) in [4.78, 5) is 15.3. The predicted octanol–water partition coefficient (Wildman–Crippen LogP) is 3.67. The first-order valence-electron chi connectivity index (χ1n) is 8.38. The number of carbonyl (C=O) groups is 1. The van der Waals surface area contributed by atoms with E-state index in [1.807, 2.05) is 0 Å². The van der Waals surface area contributed by atoms with Crippen molar-refractivity contribution in [2.75, 3.05) is 19.6 Å². The molecule has 2 bridgehead atoms. The summed E-state index contributed by atoms with van der Waals surface area (Å²) in [6.07, 6.45) is 5.37. The monoisotopic (exact) mass is 339 g/mol. The molecule has 1 aromatic rings. The highest BCUT2D eigenvalue weighted by atomic mass is 35.5. The molecule has 1 atom stereocenters. The van der Waals surface area contributed by atoms with Gasteiger partial charge in [-0.25, -0.2) is 4.39 Å². The van der Waals surface area contributed by atoms with Gasteiger partial charge in [-0.1, -0.05) is 12.5 Å². The maximum atomic E-state index is 13.3. The van der Waals surface area contributed by atoms with Crippen molar-refractivity contribution in [2.45, 2.75) is 32.1 Å². The predicted molar refractivity (Wildman–Crippen MR) is 88.2 cm³/mol. The quantitative estimate of drug-likeness (QED) is 0.621. The molecular formula is C18H23ClFNO2. The zero-order valence-electron chi connectivity index (χ0n) is 13.2. The maximum absolute atomic E-state index is 13.3. The number of carbonyl (C=O) groups excluding carboxylic acids is 1. The molecule has 1 aromatic carbocycles. The van der Waals surface area contributed by atoms with Crippen molar-refractivity contribution in [3.63, 3.8) is 0 Å². The highest BCUT2D eigenvalue weighted by molar-refractivity contribution is 5.85. The summed E-state index contributed by atoms with van der Waals surface area (Å²) >= 11 is 0. The molecule has 5 heteroatoms. The Hall–Kier alpha value is -1.13. The Morgan fingerprint density at radius 1 is 1.26 bits per heavy atom. The Bertz CT molecular complexity index is 582. The first kappa shape index (κ1) is 16.7. The van der Waals surface area contributed by atoms with E-state index >= 15 is 0 Å². The van der Waals surface area contributed by atoms with Crippen LogP contribution < -0.4 is 4.74 Å². The maximum Gasteiger partial charge on any atom is 0.317 e. The Labute approximate surface area is 142 Å². The first-order chi connectivity index (χ1) is 10.7. The molecule has 1 saturated carbocycles. The van der Waals surface area contributed by atoms with Gasteiger partial charge in [-0.15, -0.1) is 12.4 Å². The van der Waals surface area contributed by atoms with Gasteiger partial charge in [0.1, 0.15) is 11.6 Å². The summed E-state index contributed by atoms with van der Waals surface area (Å²) in [5, 5.41) is 0. The highest BCUT2D eigenvalue weighted by Gasteiger charge is 2.56. The molecule has 1 unspecified atom stereocenters. The van der Waals surface area contributed by atoms with Crippen molar-refractivity contribution < 1.29 is 13.9 Å². The summed E-state index contributed by atoms with van der Waals surface area (Å²) < 4.78 is 18.9. The minimum atomic E-state index is -0.365. The van der Waals surface area contributed by atoms with E-state index in [1.165, 1.54) is 38.1 Å². The van der Waals surface area contributed by atoms with Crippen LogP contribution in [0.2, 0.25) is 0 Å². The van der Waals surface area contributed by atoms with Crippen LogP contribution in [0.1, 0.15) is 32.1 Å². The van der Waals surface area contributed by atoms with Gasteiger partial charge in [0.15, 0.2) is 0 Å². The summed E-state index contributed by atoms with van der Waals surface area (Å²) in [5.41, 5.74) is -0.323. The van der Waals surface area contributed by atoms with Crippen LogP contribution in [0.15, 0.2) is 24.3 Å². The lowest BCUT2D eigenvalue weighted by atomic mass is 9.55. The van der Waals surface area contributed by atoms with Gasteiger partial charge in [0.25, 0.3) is 0 Å². The summed E-state index contributed by atoms with van der Waals surface area (Å²) in [6.45, 7) is 3.38. The number of rotatable bonds is 3. The molecule has 5 rings (SSSR count). The number of hydrogen-bond acceptors (Lipinski definition) is 3. The molecule has 0 N–H and O–H groups in total. The van der Waals surface area contributed by atoms with Gasteiger partial charge >= 0.3 is 5.97 Å². The van der Waals surface area contributed by atoms with Crippen LogP contribution in [-0.2, 0) is 4.79 Å². The lowest BCUT2D eigenvalue weighted by Crippen LogP contribution is -2.58. The van der Waals surface area contributed by atoms with E-state index in [9.17, 15) is 9.18 Å². The fourth-order valence-corrected chi connectivity index (χ4v) is 4.61. The van der Waals surface area contributed by atoms with Gasteiger partial charge in [-0.05, 0) is 62.7 Å². The SMILES string of the molecule is Cl.O=C(Oc1cccc(F)c1)C1(C2CN3CCC2CC3)CCC1. The van der Waals surface area contributed by atoms with Crippen molar-refractivity contribution in [3.8, 4) is 5.75 Å². The van der Waals surface area contributed by atoms with E-state index in [0.717, 1.165) is 25.8 Å². The van der Waals surface area contributed by atoms with E-state index in [2.05, 4.69) is 4.90 Å². The van der Waals surface area contributed by atoms with Crippen molar-refractivity contribution in [2.24, 2.45) is 17.3 Å².